The van der Waals surface area contributed by atoms with Crippen LogP contribution in [0.25, 0.3) is 0 Å². The minimum Gasteiger partial charge on any atom is -0.481 e. The predicted molar refractivity (Wildman–Crippen MR) is 71.5 cm³/mol. The molecule has 0 saturated heterocycles. The second kappa shape index (κ2) is 5.63. The van der Waals surface area contributed by atoms with Crippen LogP contribution in [0.15, 0.2) is 11.6 Å². The van der Waals surface area contributed by atoms with E-state index < -0.39 is 5.97 Å². The zero-order chi connectivity index (χ0) is 14.2. The van der Waals surface area contributed by atoms with Crippen molar-refractivity contribution in [3.8, 4) is 0 Å². The van der Waals surface area contributed by atoms with E-state index >= 15 is 0 Å². The van der Waals surface area contributed by atoms with E-state index in [2.05, 4.69) is 13.0 Å². The number of fused-ring (bicyclic) bond motifs is 1. The van der Waals surface area contributed by atoms with Crippen molar-refractivity contribution in [2.45, 2.75) is 46.1 Å². The van der Waals surface area contributed by atoms with E-state index in [0.29, 0.717) is 11.8 Å². The molecule has 2 aliphatic rings. The molecular weight excluding hydrogens is 244 g/mol. The Kier molecular flexibility index (Phi) is 4.31. The fourth-order valence-corrected chi connectivity index (χ4v) is 4.06. The normalized spacial score (nSPS) is 40.2. The molecule has 1 fully saturated rings. The Morgan fingerprint density at radius 2 is 2.16 bits per heavy atom. The summed E-state index contributed by atoms with van der Waals surface area (Å²) in [7, 11) is 0. The lowest BCUT2D eigenvalue weighted by Gasteiger charge is -2.48. The maximum atomic E-state index is 11.3. The zero-order valence-electron chi connectivity index (χ0n) is 11.9. The summed E-state index contributed by atoms with van der Waals surface area (Å²) in [4.78, 5) is 16.0. The number of carboxylic acid groups (broad SMARTS) is 1. The highest BCUT2D eigenvalue weighted by molar-refractivity contribution is 5.70. The molecule has 1 saturated carbocycles. The summed E-state index contributed by atoms with van der Waals surface area (Å²) in [6, 6.07) is 0. The van der Waals surface area contributed by atoms with Crippen molar-refractivity contribution in [3.63, 3.8) is 0 Å². The maximum Gasteiger partial charge on any atom is 0.306 e. The van der Waals surface area contributed by atoms with Gasteiger partial charge in [-0.05, 0) is 49.0 Å². The Labute approximate surface area is 114 Å². The van der Waals surface area contributed by atoms with E-state index in [1.165, 1.54) is 0 Å². The molecule has 2 unspecified atom stereocenters. The second-order valence-corrected chi connectivity index (χ2v) is 6.30. The van der Waals surface area contributed by atoms with E-state index in [1.807, 2.05) is 6.92 Å². The highest BCUT2D eigenvalue weighted by atomic mass is 17.1. The summed E-state index contributed by atoms with van der Waals surface area (Å²) in [6.45, 7) is 5.96. The standard InChI is InChI=1S/C15H24O4/c1-8-4-7-12(10(3)15(16)17)13-11(8)6-5-9(2)14(13)19-18/h5,8,10-14,18H,4,6-7H2,1-3H3,(H,16,17)/t8-,10-,11+,12?,13+,14?/m1/s1. The lowest BCUT2D eigenvalue weighted by molar-refractivity contribution is -0.293. The van der Waals surface area contributed by atoms with Crippen LogP contribution in [0, 0.1) is 29.6 Å². The predicted octanol–water partition coefficient (Wildman–Crippen LogP) is 3.19. The molecule has 19 heavy (non-hydrogen) atoms. The topological polar surface area (TPSA) is 66.8 Å². The van der Waals surface area contributed by atoms with Gasteiger partial charge in [-0.1, -0.05) is 26.3 Å². The van der Waals surface area contributed by atoms with E-state index in [4.69, 9.17) is 4.89 Å². The molecule has 0 heterocycles. The first-order valence-corrected chi connectivity index (χ1v) is 7.17. The van der Waals surface area contributed by atoms with E-state index in [1.54, 1.807) is 6.92 Å². The van der Waals surface area contributed by atoms with E-state index in [-0.39, 0.29) is 23.9 Å². The van der Waals surface area contributed by atoms with Gasteiger partial charge in [0.2, 0.25) is 0 Å². The van der Waals surface area contributed by atoms with Crippen LogP contribution in [0.2, 0.25) is 0 Å². The van der Waals surface area contributed by atoms with Gasteiger partial charge >= 0.3 is 5.97 Å². The van der Waals surface area contributed by atoms with Gasteiger partial charge in [0.15, 0.2) is 0 Å². The lowest BCUT2D eigenvalue weighted by Crippen LogP contribution is -2.47. The van der Waals surface area contributed by atoms with Crippen molar-refractivity contribution in [1.29, 1.82) is 0 Å². The molecule has 108 valence electrons. The summed E-state index contributed by atoms with van der Waals surface area (Å²) in [5.74, 6) is 0.0424. The van der Waals surface area contributed by atoms with Gasteiger partial charge in [0.1, 0.15) is 6.10 Å². The molecule has 0 spiro atoms. The number of aliphatic carboxylic acids is 1. The minimum atomic E-state index is -0.748. The fourth-order valence-electron chi connectivity index (χ4n) is 4.06. The van der Waals surface area contributed by atoms with E-state index in [0.717, 1.165) is 24.8 Å². The molecule has 2 N–H and O–H groups in total. The van der Waals surface area contributed by atoms with Crippen molar-refractivity contribution in [2.75, 3.05) is 0 Å². The molecule has 0 aliphatic heterocycles. The number of carboxylic acids is 1. The summed E-state index contributed by atoms with van der Waals surface area (Å²) in [5, 5.41) is 18.5. The first kappa shape index (κ1) is 14.5. The first-order chi connectivity index (χ1) is 8.97. The van der Waals surface area contributed by atoms with Crippen molar-refractivity contribution in [2.24, 2.45) is 29.6 Å². The SMILES string of the molecule is CC1=CC[C@@H]2[C@H](C1OO)C([C@@H](C)C(=O)O)CC[C@H]2C. The van der Waals surface area contributed by atoms with Crippen LogP contribution in [0.1, 0.15) is 40.0 Å². The minimum absolute atomic E-state index is 0.0829. The summed E-state index contributed by atoms with van der Waals surface area (Å²) in [6.07, 6.45) is 4.73. The number of rotatable bonds is 3. The molecule has 2 aliphatic carbocycles. The van der Waals surface area contributed by atoms with Crippen molar-refractivity contribution >= 4 is 5.97 Å². The molecule has 0 bridgehead atoms. The largest absolute Gasteiger partial charge is 0.481 e. The average molecular weight is 268 g/mol. The van der Waals surface area contributed by atoms with Crippen LogP contribution in [0.4, 0.5) is 0 Å². The first-order valence-electron chi connectivity index (χ1n) is 7.17. The summed E-state index contributed by atoms with van der Waals surface area (Å²) in [5.41, 5.74) is 1.03. The van der Waals surface area contributed by atoms with Crippen molar-refractivity contribution < 1.29 is 20.0 Å². The third kappa shape index (κ3) is 2.56. The van der Waals surface area contributed by atoms with Gasteiger partial charge < -0.3 is 5.11 Å². The average Bonchev–Trinajstić information content (AvgIpc) is 2.38. The molecule has 0 radical (unpaired) electrons. The molecule has 0 amide bonds. The van der Waals surface area contributed by atoms with Crippen molar-refractivity contribution in [3.05, 3.63) is 11.6 Å². The van der Waals surface area contributed by atoms with Crippen LogP contribution in [-0.2, 0) is 9.68 Å². The van der Waals surface area contributed by atoms with Gasteiger partial charge in [0, 0.05) is 0 Å². The number of hydrogen-bond donors (Lipinski definition) is 2. The smallest absolute Gasteiger partial charge is 0.306 e. The van der Waals surface area contributed by atoms with Gasteiger partial charge in [0.25, 0.3) is 0 Å². The molecule has 0 aromatic carbocycles. The molecule has 4 nitrogen and oxygen atoms in total. The third-order valence-corrected chi connectivity index (χ3v) is 5.33. The summed E-state index contributed by atoms with van der Waals surface area (Å²) >= 11 is 0. The van der Waals surface area contributed by atoms with Crippen LogP contribution < -0.4 is 0 Å². The Bertz CT molecular complexity index is 376. The Morgan fingerprint density at radius 1 is 1.47 bits per heavy atom. The number of allylic oxidation sites excluding steroid dienone is 1. The monoisotopic (exact) mass is 268 g/mol. The van der Waals surface area contributed by atoms with Gasteiger partial charge in [-0.25, -0.2) is 4.89 Å². The maximum absolute atomic E-state index is 11.3. The molecule has 0 aromatic rings. The quantitative estimate of drug-likeness (QED) is 0.468. The summed E-state index contributed by atoms with van der Waals surface area (Å²) < 4.78 is 0. The highest BCUT2D eigenvalue weighted by Crippen LogP contribution is 2.49. The highest BCUT2D eigenvalue weighted by Gasteiger charge is 2.47. The zero-order valence-corrected chi connectivity index (χ0v) is 11.9. The van der Waals surface area contributed by atoms with Crippen molar-refractivity contribution in [1.82, 2.24) is 0 Å². The van der Waals surface area contributed by atoms with Gasteiger partial charge in [-0.15, -0.1) is 0 Å². The Morgan fingerprint density at radius 3 is 2.74 bits per heavy atom. The fraction of sp³-hybridized carbons (Fsp3) is 0.800. The van der Waals surface area contributed by atoms with Crippen LogP contribution in [0.5, 0.6) is 0 Å². The van der Waals surface area contributed by atoms with Gasteiger partial charge in [-0.2, -0.15) is 0 Å². The lowest BCUT2D eigenvalue weighted by atomic mass is 9.58. The van der Waals surface area contributed by atoms with Crippen LogP contribution in [0.3, 0.4) is 0 Å². The molecule has 2 rings (SSSR count). The molecular formula is C15H24O4. The van der Waals surface area contributed by atoms with Crippen LogP contribution in [-0.4, -0.2) is 22.4 Å². The Hall–Kier alpha value is -0.870. The molecule has 4 heteroatoms. The van der Waals surface area contributed by atoms with Crippen LogP contribution >= 0.6 is 0 Å². The number of carbonyl (C=O) groups is 1. The molecule has 6 atom stereocenters. The second-order valence-electron chi connectivity index (χ2n) is 6.30. The van der Waals surface area contributed by atoms with Gasteiger partial charge in [-0.3, -0.25) is 10.1 Å². The third-order valence-electron chi connectivity index (χ3n) is 5.33. The number of hydrogen-bond acceptors (Lipinski definition) is 3. The van der Waals surface area contributed by atoms with Gasteiger partial charge in [0.05, 0.1) is 5.92 Å². The van der Waals surface area contributed by atoms with E-state index in [9.17, 15) is 15.2 Å². The molecule has 0 aromatic heterocycles. The Balaban J connectivity index is 2.31.